The molecule has 0 N–H and O–H groups in total. The van der Waals surface area contributed by atoms with Crippen molar-refractivity contribution < 1.29 is 4.74 Å². The van der Waals surface area contributed by atoms with E-state index in [1.165, 1.54) is 10.6 Å². The lowest BCUT2D eigenvalue weighted by Gasteiger charge is -2.19. The summed E-state index contributed by atoms with van der Waals surface area (Å²) in [5, 5.41) is 1.75. The van der Waals surface area contributed by atoms with Crippen LogP contribution < -0.4 is 4.90 Å². The maximum atomic E-state index is 6.45. The van der Waals surface area contributed by atoms with Gasteiger partial charge < -0.3 is 9.64 Å². The molecule has 2 aromatic rings. The molecule has 1 aromatic heterocycles. The van der Waals surface area contributed by atoms with E-state index in [2.05, 4.69) is 12.1 Å². The summed E-state index contributed by atoms with van der Waals surface area (Å²) in [6.07, 6.45) is 3.46. The van der Waals surface area contributed by atoms with Gasteiger partial charge in [-0.3, -0.25) is 0 Å². The van der Waals surface area contributed by atoms with Crippen molar-refractivity contribution in [3.8, 4) is 10.6 Å². The number of fused-ring (bicyclic) bond motifs is 1. The fraction of sp³-hybridized carbons (Fsp3) is 0.438. The largest absolute Gasteiger partial charge is 0.378 e. The number of hydrogen-bond donors (Lipinski definition) is 0. The molecule has 1 unspecified atom stereocenters. The Labute approximate surface area is 134 Å². The van der Waals surface area contributed by atoms with Crippen LogP contribution in [-0.4, -0.2) is 26.2 Å². The van der Waals surface area contributed by atoms with Crippen molar-refractivity contribution in [1.82, 2.24) is 4.98 Å². The van der Waals surface area contributed by atoms with Gasteiger partial charge in [-0.2, -0.15) is 0 Å². The molecule has 21 heavy (non-hydrogen) atoms. The molecule has 0 bridgehead atoms. The highest BCUT2D eigenvalue weighted by atomic mass is 35.5. The summed E-state index contributed by atoms with van der Waals surface area (Å²) in [7, 11) is 5.80. The Kier molecular flexibility index (Phi) is 4.20. The molecule has 1 aliphatic rings. The van der Waals surface area contributed by atoms with Gasteiger partial charge in [0.2, 0.25) is 0 Å². The van der Waals surface area contributed by atoms with Crippen molar-refractivity contribution in [1.29, 1.82) is 0 Å². The second kappa shape index (κ2) is 5.95. The van der Waals surface area contributed by atoms with Crippen LogP contribution in [0.4, 0.5) is 5.69 Å². The minimum absolute atomic E-state index is 0.194. The van der Waals surface area contributed by atoms with Crippen LogP contribution in [0.5, 0.6) is 0 Å². The number of thiazole rings is 1. The summed E-state index contributed by atoms with van der Waals surface area (Å²) in [6.45, 7) is 0. The molecule has 1 aromatic carbocycles. The van der Waals surface area contributed by atoms with Crippen LogP contribution in [-0.2, 0) is 11.2 Å². The molecule has 112 valence electrons. The van der Waals surface area contributed by atoms with E-state index in [4.69, 9.17) is 21.3 Å². The van der Waals surface area contributed by atoms with Gasteiger partial charge in [0.15, 0.2) is 0 Å². The van der Waals surface area contributed by atoms with Gasteiger partial charge in [0.25, 0.3) is 0 Å². The molecule has 1 aliphatic carbocycles. The van der Waals surface area contributed by atoms with Crippen LogP contribution in [0.15, 0.2) is 18.2 Å². The average Bonchev–Trinajstić information content (AvgIpc) is 2.90. The molecule has 0 amide bonds. The first-order chi connectivity index (χ1) is 10.1. The molecule has 0 spiro atoms. The lowest BCUT2D eigenvalue weighted by Crippen LogP contribution is -2.08. The lowest BCUT2D eigenvalue weighted by molar-refractivity contribution is 0.0908. The predicted octanol–water partition coefficient (Wildman–Crippen LogP) is 4.55. The maximum absolute atomic E-state index is 6.45. The summed E-state index contributed by atoms with van der Waals surface area (Å²) in [6, 6.07) is 6.13. The molecule has 3 rings (SSSR count). The lowest BCUT2D eigenvalue weighted by atomic mass is 10.0. The van der Waals surface area contributed by atoms with E-state index in [0.717, 1.165) is 40.5 Å². The quantitative estimate of drug-likeness (QED) is 0.828. The highest BCUT2D eigenvalue weighted by molar-refractivity contribution is 7.15. The highest BCUT2D eigenvalue weighted by Crippen LogP contribution is 2.41. The third-order valence-corrected chi connectivity index (χ3v) is 5.42. The van der Waals surface area contributed by atoms with Crippen molar-refractivity contribution in [2.75, 3.05) is 26.1 Å². The Morgan fingerprint density at radius 3 is 2.86 bits per heavy atom. The summed E-state index contributed by atoms with van der Waals surface area (Å²) < 4.78 is 5.58. The smallest absolute Gasteiger partial charge is 0.125 e. The number of methoxy groups -OCH3 is 1. The van der Waals surface area contributed by atoms with Crippen LogP contribution in [0.2, 0.25) is 5.02 Å². The Morgan fingerprint density at radius 1 is 1.38 bits per heavy atom. The monoisotopic (exact) mass is 322 g/mol. The van der Waals surface area contributed by atoms with Crippen LogP contribution in [0.1, 0.15) is 29.5 Å². The van der Waals surface area contributed by atoms with Crippen molar-refractivity contribution in [3.05, 3.63) is 33.8 Å². The molecular weight excluding hydrogens is 304 g/mol. The zero-order valence-corrected chi connectivity index (χ0v) is 14.1. The second-order valence-corrected chi connectivity index (χ2v) is 6.94. The number of anilines is 1. The molecule has 0 radical (unpaired) electrons. The van der Waals surface area contributed by atoms with Gasteiger partial charge in [-0.25, -0.2) is 4.98 Å². The third kappa shape index (κ3) is 2.80. The average molecular weight is 323 g/mol. The number of aryl methyl sites for hydroxylation is 1. The normalized spacial score (nSPS) is 17.6. The Balaban J connectivity index is 2.00. The Bertz CT molecular complexity index is 654. The molecule has 0 saturated heterocycles. The number of halogens is 1. The topological polar surface area (TPSA) is 25.4 Å². The molecule has 1 atom stereocenters. The van der Waals surface area contributed by atoms with Crippen molar-refractivity contribution in [3.63, 3.8) is 0 Å². The van der Waals surface area contributed by atoms with Gasteiger partial charge in [-0.05, 0) is 37.5 Å². The minimum atomic E-state index is 0.194. The zero-order valence-electron chi connectivity index (χ0n) is 12.5. The van der Waals surface area contributed by atoms with Crippen molar-refractivity contribution in [2.24, 2.45) is 0 Å². The number of benzene rings is 1. The summed E-state index contributed by atoms with van der Waals surface area (Å²) in [4.78, 5) is 8.11. The first-order valence-electron chi connectivity index (χ1n) is 7.09. The minimum Gasteiger partial charge on any atom is -0.378 e. The van der Waals surface area contributed by atoms with E-state index in [1.54, 1.807) is 18.4 Å². The Morgan fingerprint density at radius 2 is 2.19 bits per heavy atom. The zero-order chi connectivity index (χ0) is 15.0. The highest BCUT2D eigenvalue weighted by Gasteiger charge is 2.25. The Hall–Kier alpha value is -1.10. The van der Waals surface area contributed by atoms with Gasteiger partial charge in [0.1, 0.15) is 5.01 Å². The number of nitrogens with zero attached hydrogens (tertiary/aromatic N) is 2. The fourth-order valence-corrected chi connectivity index (χ4v) is 4.26. The van der Waals surface area contributed by atoms with Crippen LogP contribution in [0.25, 0.3) is 10.6 Å². The molecular formula is C16H19ClN2OS. The SMILES string of the molecule is COC1CCCc2nc(-c3ccc(N(C)C)cc3Cl)sc21. The predicted molar refractivity (Wildman–Crippen MR) is 89.6 cm³/mol. The molecule has 0 aliphatic heterocycles. The van der Waals surface area contributed by atoms with Crippen molar-refractivity contribution in [2.45, 2.75) is 25.4 Å². The molecule has 1 heterocycles. The molecule has 0 saturated carbocycles. The van der Waals surface area contributed by atoms with Gasteiger partial charge in [-0.1, -0.05) is 11.6 Å². The number of hydrogen-bond acceptors (Lipinski definition) is 4. The summed E-state index contributed by atoms with van der Waals surface area (Å²) in [5.41, 5.74) is 3.29. The van der Waals surface area contributed by atoms with E-state index in [9.17, 15) is 0 Å². The van der Waals surface area contributed by atoms with E-state index in [1.807, 2.05) is 25.1 Å². The molecule has 3 nitrogen and oxygen atoms in total. The third-order valence-electron chi connectivity index (χ3n) is 3.88. The standard InChI is InChI=1S/C16H19ClN2OS/c1-19(2)10-7-8-11(12(17)9-10)16-18-13-5-4-6-14(20-3)15(13)21-16/h7-9,14H,4-6H2,1-3H3. The summed E-state index contributed by atoms with van der Waals surface area (Å²) >= 11 is 8.17. The first-order valence-corrected chi connectivity index (χ1v) is 8.29. The van der Waals surface area contributed by atoms with E-state index in [-0.39, 0.29) is 6.10 Å². The van der Waals surface area contributed by atoms with Gasteiger partial charge in [0, 0.05) is 32.5 Å². The van der Waals surface area contributed by atoms with Gasteiger partial charge >= 0.3 is 0 Å². The van der Waals surface area contributed by atoms with Gasteiger partial charge in [-0.15, -0.1) is 11.3 Å². The number of aromatic nitrogens is 1. The molecule has 0 fully saturated rings. The number of ether oxygens (including phenoxy) is 1. The van der Waals surface area contributed by atoms with Gasteiger partial charge in [0.05, 0.1) is 21.7 Å². The van der Waals surface area contributed by atoms with E-state index < -0.39 is 0 Å². The second-order valence-electron chi connectivity index (χ2n) is 5.51. The van der Waals surface area contributed by atoms with Crippen LogP contribution in [0.3, 0.4) is 0 Å². The summed E-state index contributed by atoms with van der Waals surface area (Å²) in [5.74, 6) is 0. The molecule has 5 heteroatoms. The number of rotatable bonds is 3. The van der Waals surface area contributed by atoms with Crippen LogP contribution in [0, 0.1) is 0 Å². The first kappa shape index (κ1) is 14.8. The maximum Gasteiger partial charge on any atom is 0.125 e. The van der Waals surface area contributed by atoms with Crippen molar-refractivity contribution >= 4 is 28.6 Å². The van der Waals surface area contributed by atoms with E-state index >= 15 is 0 Å². The fourth-order valence-electron chi connectivity index (χ4n) is 2.68. The van der Waals surface area contributed by atoms with Crippen LogP contribution >= 0.6 is 22.9 Å². The van der Waals surface area contributed by atoms with E-state index in [0.29, 0.717) is 0 Å².